The van der Waals surface area contributed by atoms with Gasteiger partial charge >= 0.3 is 5.36 Å². The van der Waals surface area contributed by atoms with Crippen LogP contribution in [0.4, 0.5) is 0 Å². The molecule has 4 rings (SSSR count). The number of carbonyl (C=O) groups excluding carboxylic acids is 1. The fraction of sp³-hybridized carbons (Fsp3) is 0.263. The molecule has 9 heteroatoms. The fourth-order valence-corrected chi connectivity index (χ4v) is 4.09. The van der Waals surface area contributed by atoms with Crippen LogP contribution in [0.1, 0.15) is 41.8 Å². The van der Waals surface area contributed by atoms with Gasteiger partial charge in [-0.2, -0.15) is 4.79 Å². The molecule has 0 saturated heterocycles. The van der Waals surface area contributed by atoms with Crippen LogP contribution in [-0.4, -0.2) is 36.6 Å². The first-order valence-corrected chi connectivity index (χ1v) is 8.47. The van der Waals surface area contributed by atoms with E-state index in [1.807, 2.05) is 0 Å². The van der Waals surface area contributed by atoms with Crippen LogP contribution in [0.15, 0.2) is 21.7 Å². The summed E-state index contributed by atoms with van der Waals surface area (Å²) in [5.74, 6) is -2.17. The van der Waals surface area contributed by atoms with Crippen molar-refractivity contribution in [1.29, 1.82) is 0 Å². The van der Waals surface area contributed by atoms with Gasteiger partial charge in [0.2, 0.25) is 0 Å². The van der Waals surface area contributed by atoms with E-state index in [2.05, 4.69) is 4.79 Å². The van der Waals surface area contributed by atoms with Gasteiger partial charge in [0, 0.05) is 17.4 Å². The van der Waals surface area contributed by atoms with Crippen molar-refractivity contribution in [2.24, 2.45) is 0 Å². The van der Waals surface area contributed by atoms with Crippen LogP contribution in [0.5, 0.6) is 11.5 Å². The number of ketones is 1. The Morgan fingerprint density at radius 3 is 2.11 bits per heavy atom. The van der Waals surface area contributed by atoms with E-state index in [0.717, 1.165) is 12.1 Å². The molecular weight excluding hydrogens is 368 g/mol. The minimum absolute atomic E-state index is 0.00109. The third kappa shape index (κ3) is 1.95. The van der Waals surface area contributed by atoms with E-state index in [4.69, 9.17) is 0 Å². The summed E-state index contributed by atoms with van der Waals surface area (Å²) in [4.78, 5) is 40.3. The van der Waals surface area contributed by atoms with Gasteiger partial charge in [-0.25, -0.2) is 0 Å². The number of benzene rings is 2. The molecule has 0 fully saturated rings. The molecule has 0 amide bonds. The quantitative estimate of drug-likeness (QED) is 0.258. The van der Waals surface area contributed by atoms with Crippen LogP contribution in [0, 0.1) is 0 Å². The first-order chi connectivity index (χ1) is 13.2. The number of aliphatic hydroxyl groups is 2. The molecule has 0 spiro atoms. The Hall–Kier alpha value is -3.39. The van der Waals surface area contributed by atoms with Crippen molar-refractivity contribution in [2.75, 3.05) is 0 Å². The number of phenolic OH excluding ortho intramolecular Hbond substituents is 2. The lowest BCUT2D eigenvalue weighted by Gasteiger charge is -2.34. The van der Waals surface area contributed by atoms with Gasteiger partial charge in [0.15, 0.2) is 16.6 Å². The fourth-order valence-electron chi connectivity index (χ4n) is 4.09. The van der Waals surface area contributed by atoms with E-state index in [9.17, 15) is 40.3 Å². The second kappa shape index (κ2) is 5.56. The SMILES string of the molecule is CC[C@]1(O)CC(=O)c2c(c(=[N+]=[N-])c3c(O)c4c(=O)ccc(=O)c4c(O)c23)[C@H]1O. The molecule has 2 atom stereocenters. The standard InChI is InChI=1S/C19H14N2O7/c1-2-19(28)5-8(24)9-12-13(15(21-20)14(9)18(19)27)17(26)11-7(23)4-3-6(22)10(11)16(12)25/h3-4,18,25-28H,2,5H2,1H3/t18-,19+/m1/s1. The van der Waals surface area contributed by atoms with Crippen LogP contribution in [0.2, 0.25) is 0 Å². The Bertz CT molecular complexity index is 1390. The van der Waals surface area contributed by atoms with E-state index < -0.39 is 62.4 Å². The van der Waals surface area contributed by atoms with Crippen molar-refractivity contribution in [3.05, 3.63) is 54.6 Å². The number of Topliss-reactive ketones (excluding diaryl/α,β-unsaturated/α-hetero) is 1. The molecule has 0 bridgehead atoms. The smallest absolute Gasteiger partial charge is 0.333 e. The largest absolute Gasteiger partial charge is 0.506 e. The van der Waals surface area contributed by atoms with Crippen LogP contribution in [-0.2, 0) is 0 Å². The second-order valence-electron chi connectivity index (χ2n) is 6.96. The number of hydrogen-bond donors (Lipinski definition) is 4. The molecule has 0 aliphatic heterocycles. The van der Waals surface area contributed by atoms with Crippen LogP contribution in [0.25, 0.3) is 27.1 Å². The lowest BCUT2D eigenvalue weighted by molar-refractivity contribution is -0.0975. The summed E-state index contributed by atoms with van der Waals surface area (Å²) in [6.07, 6.45) is -2.14. The van der Waals surface area contributed by atoms with E-state index in [1.54, 1.807) is 6.92 Å². The van der Waals surface area contributed by atoms with Crippen LogP contribution in [0.3, 0.4) is 0 Å². The lowest BCUT2D eigenvalue weighted by atomic mass is 9.77. The van der Waals surface area contributed by atoms with Crippen molar-refractivity contribution in [3.8, 4) is 11.5 Å². The molecule has 4 N–H and O–H groups in total. The summed E-state index contributed by atoms with van der Waals surface area (Å²) < 4.78 is 0. The van der Waals surface area contributed by atoms with Crippen LogP contribution < -0.4 is 16.2 Å². The van der Waals surface area contributed by atoms with E-state index >= 15 is 0 Å². The molecular formula is C19H14N2O7. The van der Waals surface area contributed by atoms with E-state index in [1.165, 1.54) is 0 Å². The number of aromatic hydroxyl groups is 2. The number of aliphatic hydroxyl groups excluding tert-OH is 1. The molecule has 9 nitrogen and oxygen atoms in total. The summed E-state index contributed by atoms with van der Waals surface area (Å²) in [5.41, 5.74) is 5.63. The van der Waals surface area contributed by atoms with Crippen molar-refractivity contribution in [2.45, 2.75) is 31.5 Å². The molecule has 0 saturated carbocycles. The highest BCUT2D eigenvalue weighted by molar-refractivity contribution is 6.20. The number of rotatable bonds is 1. The summed E-state index contributed by atoms with van der Waals surface area (Å²) in [7, 11) is 0. The molecule has 1 aliphatic carbocycles. The number of phenols is 2. The Labute approximate surface area is 155 Å². The molecule has 3 aromatic rings. The number of carbonyl (C=O) groups is 1. The Morgan fingerprint density at radius 1 is 1.07 bits per heavy atom. The third-order valence-electron chi connectivity index (χ3n) is 5.58. The van der Waals surface area contributed by atoms with Gasteiger partial charge in [0.1, 0.15) is 28.6 Å². The highest BCUT2D eigenvalue weighted by atomic mass is 16.3. The zero-order valence-corrected chi connectivity index (χ0v) is 14.6. The molecule has 28 heavy (non-hydrogen) atoms. The molecule has 0 aromatic heterocycles. The zero-order valence-electron chi connectivity index (χ0n) is 14.6. The Balaban J connectivity index is 2.39. The monoisotopic (exact) mass is 382 g/mol. The van der Waals surface area contributed by atoms with Crippen molar-refractivity contribution in [3.63, 3.8) is 0 Å². The molecule has 3 aromatic carbocycles. The minimum Gasteiger partial charge on any atom is -0.506 e. The average Bonchev–Trinajstić information content (AvgIpc) is 3.02. The third-order valence-corrected chi connectivity index (χ3v) is 5.58. The maximum Gasteiger partial charge on any atom is 0.333 e. The maximum absolute atomic E-state index is 12.8. The summed E-state index contributed by atoms with van der Waals surface area (Å²) in [6.45, 7) is 1.55. The van der Waals surface area contributed by atoms with E-state index in [0.29, 0.717) is 0 Å². The van der Waals surface area contributed by atoms with E-state index in [-0.39, 0.29) is 28.3 Å². The minimum atomic E-state index is -1.84. The van der Waals surface area contributed by atoms with Gasteiger partial charge in [-0.1, -0.05) is 6.92 Å². The highest BCUT2D eigenvalue weighted by Crippen LogP contribution is 2.47. The lowest BCUT2D eigenvalue weighted by Crippen LogP contribution is -2.43. The van der Waals surface area contributed by atoms with Gasteiger partial charge in [0.05, 0.1) is 16.3 Å². The summed E-state index contributed by atoms with van der Waals surface area (Å²) >= 11 is 0. The number of fused-ring (bicyclic) bond motifs is 4. The first kappa shape index (κ1) is 18.0. The average molecular weight is 382 g/mol. The van der Waals surface area contributed by atoms with Gasteiger partial charge in [-0.05, 0) is 18.6 Å². The predicted octanol–water partition coefficient (Wildman–Crippen LogP) is -0.108. The molecule has 0 unspecified atom stereocenters. The molecule has 142 valence electrons. The van der Waals surface area contributed by atoms with Crippen molar-refractivity contribution in [1.82, 2.24) is 0 Å². The van der Waals surface area contributed by atoms with Gasteiger partial charge in [0.25, 0.3) is 0 Å². The predicted molar refractivity (Wildman–Crippen MR) is 95.6 cm³/mol. The molecule has 0 radical (unpaired) electrons. The van der Waals surface area contributed by atoms with Gasteiger partial charge in [-0.3, -0.25) is 14.4 Å². The van der Waals surface area contributed by atoms with Crippen molar-refractivity contribution >= 4 is 27.3 Å². The Morgan fingerprint density at radius 2 is 1.61 bits per heavy atom. The highest BCUT2D eigenvalue weighted by Gasteiger charge is 2.49. The van der Waals surface area contributed by atoms with Crippen LogP contribution >= 0.6 is 0 Å². The molecule has 0 heterocycles. The molecule has 1 aliphatic rings. The maximum atomic E-state index is 12.8. The zero-order chi connectivity index (χ0) is 20.5. The number of nitrogens with zero attached hydrogens (tertiary/aromatic N) is 2. The van der Waals surface area contributed by atoms with Gasteiger partial charge < -0.3 is 26.0 Å². The second-order valence-corrected chi connectivity index (χ2v) is 6.96. The van der Waals surface area contributed by atoms with Gasteiger partial charge in [-0.15, -0.1) is 0 Å². The topological polar surface area (TPSA) is 169 Å². The van der Waals surface area contributed by atoms with Crippen molar-refractivity contribution < 1.29 is 30.0 Å². The first-order valence-electron chi connectivity index (χ1n) is 8.47. The Kier molecular flexibility index (Phi) is 3.57. The normalized spacial score (nSPS) is 21.8. The number of hydrogen-bond acceptors (Lipinski definition) is 7. The summed E-state index contributed by atoms with van der Waals surface area (Å²) in [6, 6.07) is 1.85. The summed E-state index contributed by atoms with van der Waals surface area (Å²) in [5, 5.41) is 40.6.